The van der Waals surface area contributed by atoms with Crippen LogP contribution in [0.1, 0.15) is 99.8 Å². The van der Waals surface area contributed by atoms with Gasteiger partial charge in [-0.2, -0.15) is 0 Å². The number of ketones is 2. The van der Waals surface area contributed by atoms with Crippen LogP contribution in [0.15, 0.2) is 11.6 Å². The summed E-state index contributed by atoms with van der Waals surface area (Å²) in [6.45, 7) is 16.0. The van der Waals surface area contributed by atoms with E-state index in [-0.39, 0.29) is 39.3 Å². The van der Waals surface area contributed by atoms with Gasteiger partial charge in [0.2, 0.25) is 5.79 Å². The van der Waals surface area contributed by atoms with Crippen LogP contribution in [-0.4, -0.2) is 29.1 Å². The molecule has 5 aliphatic rings. The van der Waals surface area contributed by atoms with E-state index in [9.17, 15) is 14.7 Å². The predicted octanol–water partition coefficient (Wildman–Crippen LogP) is 6.11. The van der Waals surface area contributed by atoms with E-state index < -0.39 is 5.79 Å². The molecule has 0 aromatic rings. The molecule has 0 spiro atoms. The van der Waals surface area contributed by atoms with Crippen molar-refractivity contribution in [2.45, 2.75) is 106 Å². The monoisotopic (exact) mass is 470 g/mol. The third-order valence-electron chi connectivity index (χ3n) is 12.2. The number of carbonyl (C=O) groups excluding carboxylic acids is 2. The van der Waals surface area contributed by atoms with Crippen molar-refractivity contribution in [1.29, 1.82) is 0 Å². The lowest BCUT2D eigenvalue weighted by Crippen LogP contribution is -2.57. The molecule has 1 aliphatic heterocycles. The number of carbonyl (C=O) groups is 2. The first-order valence-electron chi connectivity index (χ1n) is 13.9. The summed E-state index contributed by atoms with van der Waals surface area (Å²) in [6.07, 6.45) is 10.5. The van der Waals surface area contributed by atoms with Crippen LogP contribution in [-0.2, 0) is 14.3 Å². The fourth-order valence-electron chi connectivity index (χ4n) is 9.91. The van der Waals surface area contributed by atoms with E-state index in [0.717, 1.165) is 25.7 Å². The summed E-state index contributed by atoms with van der Waals surface area (Å²) in [5.41, 5.74) is 1.93. The Labute approximate surface area is 206 Å². The average Bonchev–Trinajstić information content (AvgIpc) is 3.28. The van der Waals surface area contributed by atoms with Crippen molar-refractivity contribution in [2.24, 2.45) is 51.2 Å². The van der Waals surface area contributed by atoms with Gasteiger partial charge in [0.1, 0.15) is 5.78 Å². The molecule has 5 rings (SSSR count). The zero-order valence-electron chi connectivity index (χ0n) is 22.5. The highest BCUT2D eigenvalue weighted by molar-refractivity contribution is 5.87. The highest BCUT2D eigenvalue weighted by Crippen LogP contribution is 2.73. The van der Waals surface area contributed by atoms with E-state index in [1.54, 1.807) is 5.57 Å². The first kappa shape index (κ1) is 24.7. The first-order valence-corrected chi connectivity index (χ1v) is 13.9. The lowest BCUT2D eigenvalue weighted by atomic mass is 9.41. The van der Waals surface area contributed by atoms with Crippen molar-refractivity contribution in [3.63, 3.8) is 0 Å². The standard InChI is InChI=1S/C30H46O4/c1-18(2)25(32)30(33)16-19(17-34-30)20-10-14-29(7)22-8-9-23-26(3,4)24(31)12-13-27(23,5)21(22)11-15-28(20,29)6/h8,18-21,23,33H,9-17H2,1-7H3/t19-,20+,21+,23+,27-,28+,29-,30+/m1/s1. The molecule has 1 heterocycles. The van der Waals surface area contributed by atoms with Crippen LogP contribution in [0.5, 0.6) is 0 Å². The second-order valence-corrected chi connectivity index (χ2v) is 14.2. The number of allylic oxidation sites excluding steroid dienone is 2. The van der Waals surface area contributed by atoms with Gasteiger partial charge in [-0.3, -0.25) is 9.59 Å². The Hall–Kier alpha value is -1.00. The Morgan fingerprint density at radius 2 is 1.79 bits per heavy atom. The summed E-state index contributed by atoms with van der Waals surface area (Å²) in [5, 5.41) is 11.0. The molecular weight excluding hydrogens is 424 g/mol. The Bertz CT molecular complexity index is 932. The molecule has 8 atom stereocenters. The second kappa shape index (κ2) is 7.51. The first-order chi connectivity index (χ1) is 15.7. The topological polar surface area (TPSA) is 63.6 Å². The lowest BCUT2D eigenvalue weighted by molar-refractivity contribution is -0.189. The van der Waals surface area contributed by atoms with Crippen LogP contribution in [0.3, 0.4) is 0 Å². The Morgan fingerprint density at radius 1 is 1.09 bits per heavy atom. The molecule has 0 amide bonds. The molecular formula is C30H46O4. The summed E-state index contributed by atoms with van der Waals surface area (Å²) < 4.78 is 5.83. The SMILES string of the molecule is CC(C)C(=O)[C@]1(O)C[C@@H]([C@@H]2CC[C@]3(C)C4=CC[C@H]5C(C)(C)C(=O)CC[C@]5(C)[C@H]4CC[C@@]23C)CO1. The number of fused-ring (bicyclic) bond motifs is 5. The number of Topliss-reactive ketones (excluding diaryl/α,β-unsaturated/α-hetero) is 2. The van der Waals surface area contributed by atoms with Crippen LogP contribution >= 0.6 is 0 Å². The van der Waals surface area contributed by atoms with Gasteiger partial charge in [0, 0.05) is 24.2 Å². The third-order valence-corrected chi connectivity index (χ3v) is 12.2. The minimum atomic E-state index is -1.60. The van der Waals surface area contributed by atoms with Gasteiger partial charge >= 0.3 is 0 Å². The third kappa shape index (κ3) is 3.03. The normalized spacial score (nSPS) is 49.9. The van der Waals surface area contributed by atoms with Crippen molar-refractivity contribution >= 4 is 11.6 Å². The molecule has 0 unspecified atom stereocenters. The van der Waals surface area contributed by atoms with Gasteiger partial charge in [-0.05, 0) is 78.4 Å². The maximum Gasteiger partial charge on any atom is 0.227 e. The van der Waals surface area contributed by atoms with Gasteiger partial charge in [0.15, 0.2) is 5.78 Å². The van der Waals surface area contributed by atoms with E-state index in [0.29, 0.717) is 36.6 Å². The summed E-state index contributed by atoms with van der Waals surface area (Å²) >= 11 is 0. The van der Waals surface area contributed by atoms with E-state index in [2.05, 4.69) is 40.7 Å². The molecule has 4 fully saturated rings. The average molecular weight is 471 g/mol. The summed E-state index contributed by atoms with van der Waals surface area (Å²) in [7, 11) is 0. The maximum absolute atomic E-state index is 12.8. The number of hydrogen-bond acceptors (Lipinski definition) is 4. The zero-order valence-corrected chi connectivity index (χ0v) is 22.5. The smallest absolute Gasteiger partial charge is 0.227 e. The van der Waals surface area contributed by atoms with Crippen LogP contribution in [0.25, 0.3) is 0 Å². The van der Waals surface area contributed by atoms with Crippen molar-refractivity contribution in [2.75, 3.05) is 6.61 Å². The summed E-state index contributed by atoms with van der Waals surface area (Å²) in [4.78, 5) is 25.5. The van der Waals surface area contributed by atoms with Crippen molar-refractivity contribution < 1.29 is 19.4 Å². The van der Waals surface area contributed by atoms with Gasteiger partial charge in [0.25, 0.3) is 0 Å². The van der Waals surface area contributed by atoms with Crippen molar-refractivity contribution in [3.05, 3.63) is 11.6 Å². The number of rotatable bonds is 3. The molecule has 1 N–H and O–H groups in total. The number of aliphatic hydroxyl groups is 1. The zero-order chi connectivity index (χ0) is 24.9. The lowest BCUT2D eigenvalue weighted by Gasteiger charge is -2.63. The fourth-order valence-corrected chi connectivity index (χ4v) is 9.91. The number of ether oxygens (including phenoxy) is 1. The predicted molar refractivity (Wildman–Crippen MR) is 133 cm³/mol. The van der Waals surface area contributed by atoms with Gasteiger partial charge in [-0.1, -0.05) is 60.1 Å². The van der Waals surface area contributed by atoms with Gasteiger partial charge in [-0.15, -0.1) is 0 Å². The van der Waals surface area contributed by atoms with Crippen LogP contribution in [0.4, 0.5) is 0 Å². The van der Waals surface area contributed by atoms with E-state index in [1.165, 1.54) is 19.3 Å². The molecule has 0 bridgehead atoms. The molecule has 4 nitrogen and oxygen atoms in total. The van der Waals surface area contributed by atoms with Crippen LogP contribution < -0.4 is 0 Å². The molecule has 4 aliphatic carbocycles. The Kier molecular flexibility index (Phi) is 5.45. The Morgan fingerprint density at radius 3 is 2.47 bits per heavy atom. The minimum absolute atomic E-state index is 0.142. The minimum Gasteiger partial charge on any atom is -0.360 e. The molecule has 0 radical (unpaired) electrons. The molecule has 3 saturated carbocycles. The van der Waals surface area contributed by atoms with Crippen molar-refractivity contribution in [1.82, 2.24) is 0 Å². The molecule has 0 aromatic heterocycles. The fraction of sp³-hybridized carbons (Fsp3) is 0.867. The largest absolute Gasteiger partial charge is 0.360 e. The van der Waals surface area contributed by atoms with Crippen molar-refractivity contribution in [3.8, 4) is 0 Å². The van der Waals surface area contributed by atoms with Gasteiger partial charge in [0.05, 0.1) is 6.61 Å². The molecule has 1 saturated heterocycles. The van der Waals surface area contributed by atoms with Gasteiger partial charge < -0.3 is 9.84 Å². The van der Waals surface area contributed by atoms with Crippen LogP contribution in [0.2, 0.25) is 0 Å². The van der Waals surface area contributed by atoms with Crippen LogP contribution in [0, 0.1) is 51.2 Å². The molecule has 0 aromatic carbocycles. The maximum atomic E-state index is 12.8. The highest BCUT2D eigenvalue weighted by Gasteiger charge is 2.66. The molecule has 190 valence electrons. The highest BCUT2D eigenvalue weighted by atomic mass is 16.6. The molecule has 4 heteroatoms. The summed E-state index contributed by atoms with van der Waals surface area (Å²) in [6, 6.07) is 0. The second-order valence-electron chi connectivity index (χ2n) is 14.2. The van der Waals surface area contributed by atoms with E-state index in [1.807, 2.05) is 13.8 Å². The summed E-state index contributed by atoms with van der Waals surface area (Å²) in [5.74, 6) is 0.137. The van der Waals surface area contributed by atoms with Gasteiger partial charge in [-0.25, -0.2) is 0 Å². The Balaban J connectivity index is 1.45. The van der Waals surface area contributed by atoms with E-state index >= 15 is 0 Å². The van der Waals surface area contributed by atoms with E-state index in [4.69, 9.17) is 4.74 Å². The molecule has 34 heavy (non-hydrogen) atoms. The quantitative estimate of drug-likeness (QED) is 0.505. The number of hydrogen-bond donors (Lipinski definition) is 1.